The van der Waals surface area contributed by atoms with E-state index >= 15 is 0 Å². The zero-order valence-corrected chi connectivity index (χ0v) is 12.3. The van der Waals surface area contributed by atoms with E-state index in [1.165, 1.54) is 0 Å². The number of nitrogen functional groups attached to an aromatic ring is 1. The van der Waals surface area contributed by atoms with Crippen molar-refractivity contribution >= 4 is 17.3 Å². The molecule has 110 valence electrons. The number of aryl methyl sites for hydroxylation is 1. The zero-order chi connectivity index (χ0) is 15.4. The maximum absolute atomic E-state index is 12.3. The van der Waals surface area contributed by atoms with E-state index in [2.05, 4.69) is 5.32 Å². The summed E-state index contributed by atoms with van der Waals surface area (Å²) in [5.74, 6) is 0.922. The minimum absolute atomic E-state index is 0.275. The fourth-order valence-corrected chi connectivity index (χ4v) is 1.97. The van der Waals surface area contributed by atoms with Crippen LogP contribution in [0.5, 0.6) is 11.5 Å². The first-order valence-electron chi connectivity index (χ1n) is 6.44. The largest absolute Gasteiger partial charge is 0.497 e. The smallest absolute Gasteiger partial charge is 0.257 e. The molecule has 0 spiro atoms. The van der Waals surface area contributed by atoms with Crippen LogP contribution in [0, 0.1) is 6.92 Å². The number of methoxy groups -OCH3 is 2. The lowest BCUT2D eigenvalue weighted by atomic mass is 10.1. The molecule has 5 heteroatoms. The van der Waals surface area contributed by atoms with Crippen LogP contribution >= 0.6 is 0 Å². The molecule has 2 aromatic carbocycles. The summed E-state index contributed by atoms with van der Waals surface area (Å²) in [6.07, 6.45) is 0. The number of benzene rings is 2. The van der Waals surface area contributed by atoms with Crippen molar-refractivity contribution in [3.05, 3.63) is 47.5 Å². The maximum Gasteiger partial charge on any atom is 0.257 e. The Kier molecular flexibility index (Phi) is 4.33. The summed E-state index contributed by atoms with van der Waals surface area (Å²) in [4.78, 5) is 12.3. The molecule has 1 amide bonds. The van der Waals surface area contributed by atoms with Crippen molar-refractivity contribution in [2.24, 2.45) is 0 Å². The average Bonchev–Trinajstić information content (AvgIpc) is 2.46. The summed E-state index contributed by atoms with van der Waals surface area (Å²) in [7, 11) is 3.11. The van der Waals surface area contributed by atoms with Crippen molar-refractivity contribution in [3.63, 3.8) is 0 Å². The lowest BCUT2D eigenvalue weighted by Gasteiger charge is -2.11. The third-order valence-corrected chi connectivity index (χ3v) is 3.06. The normalized spacial score (nSPS) is 10.0. The number of rotatable bonds is 4. The third kappa shape index (κ3) is 3.45. The van der Waals surface area contributed by atoms with Crippen LogP contribution in [0.4, 0.5) is 11.4 Å². The van der Waals surface area contributed by atoms with E-state index in [4.69, 9.17) is 15.2 Å². The lowest BCUT2D eigenvalue weighted by molar-refractivity contribution is 0.102. The van der Waals surface area contributed by atoms with Crippen LogP contribution in [0.3, 0.4) is 0 Å². The summed E-state index contributed by atoms with van der Waals surface area (Å²) in [6, 6.07) is 10.5. The highest BCUT2D eigenvalue weighted by Gasteiger charge is 2.11. The molecule has 0 aromatic heterocycles. The number of carbonyl (C=O) groups is 1. The molecule has 0 fully saturated rings. The van der Waals surface area contributed by atoms with Crippen molar-refractivity contribution < 1.29 is 14.3 Å². The minimum atomic E-state index is -0.275. The van der Waals surface area contributed by atoms with Crippen LogP contribution in [0.2, 0.25) is 0 Å². The van der Waals surface area contributed by atoms with Gasteiger partial charge < -0.3 is 20.5 Å². The summed E-state index contributed by atoms with van der Waals surface area (Å²) in [5, 5.41) is 2.79. The van der Waals surface area contributed by atoms with Gasteiger partial charge in [-0.2, -0.15) is 0 Å². The Hall–Kier alpha value is -2.69. The molecule has 0 aliphatic carbocycles. The van der Waals surface area contributed by atoms with E-state index in [9.17, 15) is 4.79 Å². The molecule has 0 aliphatic rings. The van der Waals surface area contributed by atoms with Gasteiger partial charge >= 0.3 is 0 Å². The highest BCUT2D eigenvalue weighted by atomic mass is 16.5. The van der Waals surface area contributed by atoms with Gasteiger partial charge in [-0.3, -0.25) is 4.79 Å². The van der Waals surface area contributed by atoms with Crippen molar-refractivity contribution in [2.75, 3.05) is 25.3 Å². The molecule has 2 aromatic rings. The molecule has 0 bridgehead atoms. The van der Waals surface area contributed by atoms with E-state index < -0.39 is 0 Å². The van der Waals surface area contributed by atoms with Gasteiger partial charge in [0.05, 0.1) is 19.8 Å². The number of ether oxygens (including phenoxy) is 2. The van der Waals surface area contributed by atoms with Gasteiger partial charge in [0.2, 0.25) is 0 Å². The number of nitrogens with two attached hydrogens (primary N) is 1. The van der Waals surface area contributed by atoms with E-state index in [0.29, 0.717) is 28.4 Å². The minimum Gasteiger partial charge on any atom is -0.497 e. The monoisotopic (exact) mass is 286 g/mol. The Labute approximate surface area is 123 Å². The highest BCUT2D eigenvalue weighted by molar-refractivity contribution is 6.07. The van der Waals surface area contributed by atoms with Gasteiger partial charge in [-0.25, -0.2) is 0 Å². The van der Waals surface area contributed by atoms with Crippen molar-refractivity contribution in [1.82, 2.24) is 0 Å². The maximum atomic E-state index is 12.3. The molecule has 0 aliphatic heterocycles. The number of carbonyl (C=O) groups excluding carboxylic acids is 1. The van der Waals surface area contributed by atoms with Crippen molar-refractivity contribution in [2.45, 2.75) is 6.92 Å². The van der Waals surface area contributed by atoms with E-state index in [1.807, 2.05) is 13.0 Å². The van der Waals surface area contributed by atoms with Crippen molar-refractivity contribution in [3.8, 4) is 11.5 Å². The molecule has 0 saturated heterocycles. The fraction of sp³-hybridized carbons (Fsp3) is 0.188. The Morgan fingerprint density at radius 2 is 1.67 bits per heavy atom. The molecule has 0 heterocycles. The standard InChI is InChI=1S/C16H18N2O3/c1-10-4-5-14(15(17)6-10)16(19)18-11-7-12(20-2)9-13(8-11)21-3/h4-9H,17H2,1-3H3,(H,18,19). The molecule has 3 N–H and O–H groups in total. The van der Waals surface area contributed by atoms with Gasteiger partial charge in [-0.1, -0.05) is 6.07 Å². The predicted octanol–water partition coefficient (Wildman–Crippen LogP) is 2.85. The van der Waals surface area contributed by atoms with Gasteiger partial charge in [0, 0.05) is 29.6 Å². The second-order valence-electron chi connectivity index (χ2n) is 4.65. The molecule has 2 rings (SSSR count). The van der Waals surface area contributed by atoms with Crippen LogP contribution in [0.15, 0.2) is 36.4 Å². The first-order valence-corrected chi connectivity index (χ1v) is 6.44. The first-order chi connectivity index (χ1) is 10.0. The van der Waals surface area contributed by atoms with E-state index in [1.54, 1.807) is 44.6 Å². The quantitative estimate of drug-likeness (QED) is 0.848. The first kappa shape index (κ1) is 14.7. The SMILES string of the molecule is COc1cc(NC(=O)c2ccc(C)cc2N)cc(OC)c1. The molecule has 0 unspecified atom stereocenters. The van der Waals surface area contributed by atoms with Crippen LogP contribution in [-0.2, 0) is 0 Å². The number of hydrogen-bond donors (Lipinski definition) is 2. The van der Waals surface area contributed by atoms with E-state index in [-0.39, 0.29) is 5.91 Å². The van der Waals surface area contributed by atoms with Gasteiger partial charge in [0.15, 0.2) is 0 Å². The Bertz CT molecular complexity index is 646. The second-order valence-corrected chi connectivity index (χ2v) is 4.65. The summed E-state index contributed by atoms with van der Waals surface area (Å²) >= 11 is 0. The molecule has 21 heavy (non-hydrogen) atoms. The van der Waals surface area contributed by atoms with Crippen molar-refractivity contribution in [1.29, 1.82) is 0 Å². The highest BCUT2D eigenvalue weighted by Crippen LogP contribution is 2.26. The van der Waals surface area contributed by atoms with Crippen LogP contribution in [-0.4, -0.2) is 20.1 Å². The third-order valence-electron chi connectivity index (χ3n) is 3.06. The number of anilines is 2. The second kappa shape index (κ2) is 6.17. The van der Waals surface area contributed by atoms with Gasteiger partial charge in [-0.05, 0) is 24.6 Å². The van der Waals surface area contributed by atoms with E-state index in [0.717, 1.165) is 5.56 Å². The van der Waals surface area contributed by atoms with Crippen LogP contribution in [0.25, 0.3) is 0 Å². The summed E-state index contributed by atoms with van der Waals surface area (Å²) < 4.78 is 10.3. The number of nitrogens with one attached hydrogen (secondary N) is 1. The Balaban J connectivity index is 2.26. The zero-order valence-electron chi connectivity index (χ0n) is 12.3. The average molecular weight is 286 g/mol. The topological polar surface area (TPSA) is 73.6 Å². The molecule has 5 nitrogen and oxygen atoms in total. The number of hydrogen-bond acceptors (Lipinski definition) is 4. The van der Waals surface area contributed by atoms with Gasteiger partial charge in [0.1, 0.15) is 11.5 Å². The molecule has 0 radical (unpaired) electrons. The Morgan fingerprint density at radius 3 is 2.19 bits per heavy atom. The molecule has 0 saturated carbocycles. The fourth-order valence-electron chi connectivity index (χ4n) is 1.97. The molecule has 0 atom stereocenters. The summed E-state index contributed by atoms with van der Waals surface area (Å²) in [5.41, 5.74) is 8.34. The molecular formula is C16H18N2O3. The van der Waals surface area contributed by atoms with Crippen LogP contribution < -0.4 is 20.5 Å². The lowest BCUT2D eigenvalue weighted by Crippen LogP contribution is -2.14. The predicted molar refractivity (Wildman–Crippen MR) is 83.1 cm³/mol. The van der Waals surface area contributed by atoms with Gasteiger partial charge in [0.25, 0.3) is 5.91 Å². The number of amides is 1. The van der Waals surface area contributed by atoms with Crippen LogP contribution in [0.1, 0.15) is 15.9 Å². The summed E-state index contributed by atoms with van der Waals surface area (Å²) in [6.45, 7) is 1.92. The Morgan fingerprint density at radius 1 is 1.05 bits per heavy atom. The molecular weight excluding hydrogens is 268 g/mol. The van der Waals surface area contributed by atoms with Gasteiger partial charge in [-0.15, -0.1) is 0 Å².